The molecule has 1 spiro atoms. The van der Waals surface area contributed by atoms with Gasteiger partial charge in [0.05, 0.1) is 0 Å². The molecule has 2 fully saturated rings. The third kappa shape index (κ3) is 2.01. The first-order chi connectivity index (χ1) is 6.65. The molecular formula is C12H22BrN. The average molecular weight is 260 g/mol. The number of nitrogens with zero attached hydrogens (tertiary/aromatic N) is 1. The van der Waals surface area contributed by atoms with Crippen LogP contribution in [0.1, 0.15) is 39.5 Å². The molecule has 0 radical (unpaired) electrons. The predicted molar refractivity (Wildman–Crippen MR) is 64.9 cm³/mol. The van der Waals surface area contributed by atoms with Gasteiger partial charge < -0.3 is 4.90 Å². The summed E-state index contributed by atoms with van der Waals surface area (Å²) >= 11 is 3.64. The summed E-state index contributed by atoms with van der Waals surface area (Å²) in [6.07, 6.45) is 5.86. The van der Waals surface area contributed by atoms with Crippen molar-refractivity contribution in [2.45, 2.75) is 45.6 Å². The zero-order valence-electron chi connectivity index (χ0n) is 9.43. The van der Waals surface area contributed by atoms with Crippen molar-refractivity contribution in [3.05, 3.63) is 0 Å². The Kier molecular flexibility index (Phi) is 3.23. The minimum absolute atomic E-state index is 0.711. The van der Waals surface area contributed by atoms with Crippen LogP contribution >= 0.6 is 15.9 Å². The number of alkyl halides is 1. The highest BCUT2D eigenvalue weighted by Crippen LogP contribution is 2.48. The van der Waals surface area contributed by atoms with Crippen LogP contribution in [0.25, 0.3) is 0 Å². The zero-order chi connectivity index (χ0) is 10.2. The maximum absolute atomic E-state index is 3.64. The van der Waals surface area contributed by atoms with Gasteiger partial charge in [-0.05, 0) is 57.4 Å². The van der Waals surface area contributed by atoms with Crippen LogP contribution in [-0.4, -0.2) is 29.4 Å². The van der Waals surface area contributed by atoms with Crippen molar-refractivity contribution in [3.63, 3.8) is 0 Å². The summed E-state index contributed by atoms with van der Waals surface area (Å²) in [5, 5.41) is 1.22. The molecule has 2 aliphatic rings. The molecule has 82 valence electrons. The van der Waals surface area contributed by atoms with Gasteiger partial charge in [-0.25, -0.2) is 0 Å². The Morgan fingerprint density at radius 3 is 2.71 bits per heavy atom. The van der Waals surface area contributed by atoms with Crippen molar-refractivity contribution < 1.29 is 0 Å². The summed E-state index contributed by atoms with van der Waals surface area (Å²) in [4.78, 5) is 2.66. The van der Waals surface area contributed by atoms with Crippen LogP contribution in [0.5, 0.6) is 0 Å². The van der Waals surface area contributed by atoms with E-state index in [9.17, 15) is 0 Å². The Morgan fingerprint density at radius 1 is 1.43 bits per heavy atom. The van der Waals surface area contributed by atoms with Crippen molar-refractivity contribution in [1.82, 2.24) is 4.90 Å². The van der Waals surface area contributed by atoms with Crippen molar-refractivity contribution in [3.8, 4) is 0 Å². The number of hydrogen-bond donors (Lipinski definition) is 0. The highest BCUT2D eigenvalue weighted by molar-refractivity contribution is 9.09. The lowest BCUT2D eigenvalue weighted by Crippen LogP contribution is -2.31. The molecule has 1 nitrogen and oxygen atoms in total. The fourth-order valence-corrected chi connectivity index (χ4v) is 3.79. The molecule has 1 heterocycles. The van der Waals surface area contributed by atoms with Gasteiger partial charge in [0.1, 0.15) is 0 Å². The lowest BCUT2D eigenvalue weighted by molar-refractivity contribution is 0.222. The summed E-state index contributed by atoms with van der Waals surface area (Å²) in [5.74, 6) is 0.960. The lowest BCUT2D eigenvalue weighted by Gasteiger charge is -2.26. The normalized spacial score (nSPS) is 39.0. The molecule has 1 saturated heterocycles. The maximum Gasteiger partial charge on any atom is 0.00598 e. The van der Waals surface area contributed by atoms with Crippen LogP contribution in [0.15, 0.2) is 0 Å². The molecule has 1 aliphatic carbocycles. The Labute approximate surface area is 96.4 Å². The molecule has 0 aromatic rings. The third-order valence-corrected chi connectivity index (χ3v) is 5.14. The molecular weight excluding hydrogens is 238 g/mol. The number of rotatable bonds is 2. The fourth-order valence-electron chi connectivity index (χ4n) is 3.24. The quantitative estimate of drug-likeness (QED) is 0.689. The van der Waals surface area contributed by atoms with Crippen LogP contribution in [0, 0.1) is 11.3 Å². The van der Waals surface area contributed by atoms with E-state index < -0.39 is 0 Å². The van der Waals surface area contributed by atoms with E-state index in [0.717, 1.165) is 12.0 Å². The average Bonchev–Trinajstić information content (AvgIpc) is 2.74. The van der Waals surface area contributed by atoms with E-state index in [-0.39, 0.29) is 0 Å². The topological polar surface area (TPSA) is 3.24 Å². The zero-order valence-corrected chi connectivity index (χ0v) is 11.0. The fraction of sp³-hybridized carbons (Fsp3) is 1.00. The highest BCUT2D eigenvalue weighted by atomic mass is 79.9. The smallest absolute Gasteiger partial charge is 0.00598 e. The van der Waals surface area contributed by atoms with Gasteiger partial charge in [0, 0.05) is 17.9 Å². The van der Waals surface area contributed by atoms with E-state index in [1.807, 2.05) is 0 Å². The van der Waals surface area contributed by atoms with Crippen LogP contribution in [0.4, 0.5) is 0 Å². The van der Waals surface area contributed by atoms with Crippen molar-refractivity contribution in [1.29, 1.82) is 0 Å². The summed E-state index contributed by atoms with van der Waals surface area (Å²) < 4.78 is 0. The molecule has 2 rings (SSSR count). The van der Waals surface area contributed by atoms with Crippen LogP contribution in [0.3, 0.4) is 0 Å². The van der Waals surface area contributed by atoms with Crippen molar-refractivity contribution in [2.24, 2.45) is 11.3 Å². The molecule has 2 heteroatoms. The monoisotopic (exact) mass is 259 g/mol. The highest BCUT2D eigenvalue weighted by Gasteiger charge is 2.43. The van der Waals surface area contributed by atoms with Gasteiger partial charge in [-0.2, -0.15) is 0 Å². The van der Waals surface area contributed by atoms with Crippen LogP contribution < -0.4 is 0 Å². The van der Waals surface area contributed by atoms with E-state index in [4.69, 9.17) is 0 Å². The number of likely N-dealkylation sites (tertiary alicyclic amines) is 1. The van der Waals surface area contributed by atoms with Crippen LogP contribution in [0.2, 0.25) is 0 Å². The molecule has 0 N–H and O–H groups in total. The molecule has 1 saturated carbocycles. The van der Waals surface area contributed by atoms with Crippen LogP contribution in [-0.2, 0) is 0 Å². The molecule has 0 aromatic heterocycles. The molecule has 0 amide bonds. The molecule has 0 unspecified atom stereocenters. The first-order valence-electron chi connectivity index (χ1n) is 5.95. The van der Waals surface area contributed by atoms with Crippen molar-refractivity contribution >= 4 is 15.9 Å². The Morgan fingerprint density at radius 2 is 2.21 bits per heavy atom. The van der Waals surface area contributed by atoms with E-state index in [1.165, 1.54) is 44.1 Å². The number of hydrogen-bond acceptors (Lipinski definition) is 1. The first kappa shape index (κ1) is 10.9. The molecule has 0 aromatic carbocycles. The van der Waals surface area contributed by atoms with E-state index in [0.29, 0.717) is 5.41 Å². The minimum atomic E-state index is 0.711. The maximum atomic E-state index is 3.64. The van der Waals surface area contributed by atoms with E-state index >= 15 is 0 Å². The van der Waals surface area contributed by atoms with Gasteiger partial charge in [-0.3, -0.25) is 0 Å². The van der Waals surface area contributed by atoms with Crippen molar-refractivity contribution in [2.75, 3.05) is 18.4 Å². The largest absolute Gasteiger partial charge is 0.300 e. The standard InChI is InChI=1S/C12H22BrN/c1-10(2)14-6-5-12(9-14)4-3-11(7-12)8-13/h10-11H,3-9H2,1-2H3/t11-,12-/m0/s1. The molecule has 0 bridgehead atoms. The predicted octanol–water partition coefficient (Wildman–Crippen LogP) is 3.28. The minimum Gasteiger partial charge on any atom is -0.300 e. The Hall–Kier alpha value is 0.440. The second-order valence-electron chi connectivity index (χ2n) is 5.58. The molecule has 1 aliphatic heterocycles. The van der Waals surface area contributed by atoms with Gasteiger partial charge in [-0.15, -0.1) is 0 Å². The summed E-state index contributed by atoms with van der Waals surface area (Å²) in [6, 6.07) is 0.748. The van der Waals surface area contributed by atoms with E-state index in [1.54, 1.807) is 0 Å². The van der Waals surface area contributed by atoms with Gasteiger partial charge in [0.25, 0.3) is 0 Å². The summed E-state index contributed by atoms with van der Waals surface area (Å²) in [7, 11) is 0. The van der Waals surface area contributed by atoms with Gasteiger partial charge in [0.15, 0.2) is 0 Å². The molecule has 2 atom stereocenters. The SMILES string of the molecule is CC(C)N1CC[C@]2(CC[C@H](CBr)C2)C1. The second-order valence-corrected chi connectivity index (χ2v) is 6.22. The van der Waals surface area contributed by atoms with Gasteiger partial charge in [0.2, 0.25) is 0 Å². The van der Waals surface area contributed by atoms with E-state index in [2.05, 4.69) is 34.7 Å². The molecule has 14 heavy (non-hydrogen) atoms. The Balaban J connectivity index is 1.94. The van der Waals surface area contributed by atoms with Gasteiger partial charge in [-0.1, -0.05) is 15.9 Å². The van der Waals surface area contributed by atoms with Gasteiger partial charge >= 0.3 is 0 Å². The third-order valence-electron chi connectivity index (χ3n) is 4.22. The first-order valence-corrected chi connectivity index (χ1v) is 7.07. The lowest BCUT2D eigenvalue weighted by atomic mass is 9.85. The summed E-state index contributed by atoms with van der Waals surface area (Å²) in [6.45, 7) is 7.37. The summed E-state index contributed by atoms with van der Waals surface area (Å²) in [5.41, 5.74) is 0.711. The Bertz CT molecular complexity index is 204. The number of halogens is 1. The second kappa shape index (κ2) is 4.13.